The van der Waals surface area contributed by atoms with E-state index in [0.29, 0.717) is 10.8 Å². The maximum absolute atomic E-state index is 11.9. The molecule has 2 aromatic rings. The lowest BCUT2D eigenvalue weighted by molar-refractivity contribution is 0.481. The van der Waals surface area contributed by atoms with Gasteiger partial charge in [0.05, 0.1) is 4.90 Å². The summed E-state index contributed by atoms with van der Waals surface area (Å²) in [4.78, 5) is 0.156. The summed E-state index contributed by atoms with van der Waals surface area (Å²) >= 11 is 0. The second-order valence-corrected chi connectivity index (χ2v) is 5.55. The van der Waals surface area contributed by atoms with Gasteiger partial charge in [0.1, 0.15) is 11.5 Å². The zero-order valence-corrected chi connectivity index (χ0v) is 9.74. The Labute approximate surface area is 99.6 Å². The van der Waals surface area contributed by atoms with Gasteiger partial charge in [-0.15, -0.1) is 6.42 Å². The van der Waals surface area contributed by atoms with E-state index in [2.05, 4.69) is 5.92 Å². The molecule has 2 aromatic carbocycles. The van der Waals surface area contributed by atoms with E-state index in [9.17, 15) is 13.5 Å². The molecule has 4 heteroatoms. The molecule has 0 atom stereocenters. The molecule has 0 saturated carbocycles. The van der Waals surface area contributed by atoms with Crippen molar-refractivity contribution in [2.75, 3.05) is 5.75 Å². The number of benzene rings is 2. The number of rotatable bonds is 2. The smallest absolute Gasteiger partial charge is 0.190 e. The number of fused-ring (bicyclic) bond motifs is 1. The maximum atomic E-state index is 11.9. The predicted molar refractivity (Wildman–Crippen MR) is 66.5 cm³/mol. The molecule has 0 aliphatic carbocycles. The molecule has 0 unspecified atom stereocenters. The van der Waals surface area contributed by atoms with Crippen molar-refractivity contribution >= 4 is 20.6 Å². The van der Waals surface area contributed by atoms with Gasteiger partial charge in [0.15, 0.2) is 9.84 Å². The molecule has 0 heterocycles. The number of hydrogen-bond donors (Lipinski definition) is 1. The fourth-order valence-electron chi connectivity index (χ4n) is 1.72. The summed E-state index contributed by atoms with van der Waals surface area (Å²) in [5.74, 6) is 1.85. The first kappa shape index (κ1) is 11.5. The van der Waals surface area contributed by atoms with Crippen molar-refractivity contribution in [3.63, 3.8) is 0 Å². The van der Waals surface area contributed by atoms with Crippen LogP contribution in [0.5, 0.6) is 5.75 Å². The number of phenols is 1. The molecular weight excluding hydrogens is 236 g/mol. The van der Waals surface area contributed by atoms with Gasteiger partial charge in [-0.05, 0) is 12.1 Å². The number of phenolic OH excluding ortho intramolecular Hbond substituents is 1. The predicted octanol–water partition coefficient (Wildman–Crippen LogP) is 1.95. The molecule has 0 aromatic heterocycles. The van der Waals surface area contributed by atoms with Crippen LogP contribution < -0.4 is 0 Å². The largest absolute Gasteiger partial charge is 0.507 e. The second-order valence-electron chi connectivity index (χ2n) is 3.59. The summed E-state index contributed by atoms with van der Waals surface area (Å²) in [6.07, 6.45) is 5.05. The fraction of sp³-hybridized carbons (Fsp3) is 0.0769. The van der Waals surface area contributed by atoms with Crippen molar-refractivity contribution in [3.8, 4) is 18.1 Å². The highest BCUT2D eigenvalue weighted by atomic mass is 32.2. The van der Waals surface area contributed by atoms with Gasteiger partial charge in [-0.2, -0.15) is 0 Å². The van der Waals surface area contributed by atoms with Crippen LogP contribution >= 0.6 is 0 Å². The molecule has 0 amide bonds. The molecule has 0 fully saturated rings. The minimum absolute atomic E-state index is 0.0558. The molecule has 0 aliphatic rings. The van der Waals surface area contributed by atoms with E-state index >= 15 is 0 Å². The van der Waals surface area contributed by atoms with Gasteiger partial charge < -0.3 is 5.11 Å². The van der Waals surface area contributed by atoms with Gasteiger partial charge in [0.2, 0.25) is 0 Å². The number of terminal acetylenes is 1. The Kier molecular flexibility index (Phi) is 2.78. The van der Waals surface area contributed by atoms with Crippen molar-refractivity contribution in [1.82, 2.24) is 0 Å². The molecule has 17 heavy (non-hydrogen) atoms. The van der Waals surface area contributed by atoms with E-state index in [0.717, 1.165) is 0 Å². The van der Waals surface area contributed by atoms with Gasteiger partial charge in [-0.3, -0.25) is 0 Å². The third-order valence-corrected chi connectivity index (χ3v) is 4.04. The molecule has 0 spiro atoms. The van der Waals surface area contributed by atoms with Crippen LogP contribution in [0.1, 0.15) is 0 Å². The third kappa shape index (κ3) is 1.97. The van der Waals surface area contributed by atoms with Crippen LogP contribution in [-0.4, -0.2) is 19.3 Å². The Morgan fingerprint density at radius 3 is 2.47 bits per heavy atom. The third-order valence-electron chi connectivity index (χ3n) is 2.47. The summed E-state index contributed by atoms with van der Waals surface area (Å²) in [6.45, 7) is 0. The summed E-state index contributed by atoms with van der Waals surface area (Å²) in [6, 6.07) is 9.52. The Bertz CT molecular complexity index is 709. The Balaban J connectivity index is 2.81. The average Bonchev–Trinajstić information content (AvgIpc) is 2.29. The van der Waals surface area contributed by atoms with Crippen LogP contribution in [0.2, 0.25) is 0 Å². The number of aromatic hydroxyl groups is 1. The molecule has 0 aliphatic heterocycles. The monoisotopic (exact) mass is 246 g/mol. The minimum atomic E-state index is -3.50. The van der Waals surface area contributed by atoms with Gasteiger partial charge in [0.25, 0.3) is 0 Å². The lowest BCUT2D eigenvalue weighted by atomic mass is 10.1. The SMILES string of the molecule is C#CCS(=O)(=O)c1cccc2c(O)cccc12. The van der Waals surface area contributed by atoms with Crippen molar-refractivity contribution < 1.29 is 13.5 Å². The van der Waals surface area contributed by atoms with Crippen LogP contribution in [0.3, 0.4) is 0 Å². The van der Waals surface area contributed by atoms with Gasteiger partial charge >= 0.3 is 0 Å². The molecular formula is C13H10O3S. The molecule has 3 nitrogen and oxygen atoms in total. The maximum Gasteiger partial charge on any atom is 0.190 e. The van der Waals surface area contributed by atoms with E-state index in [1.165, 1.54) is 12.1 Å². The van der Waals surface area contributed by atoms with Crippen LogP contribution in [0, 0.1) is 12.3 Å². The fourth-order valence-corrected chi connectivity index (χ4v) is 2.90. The van der Waals surface area contributed by atoms with Gasteiger partial charge in [0, 0.05) is 10.8 Å². The first-order valence-electron chi connectivity index (χ1n) is 4.93. The van der Waals surface area contributed by atoms with E-state index in [4.69, 9.17) is 6.42 Å². The summed E-state index contributed by atoms with van der Waals surface area (Å²) in [7, 11) is -3.50. The van der Waals surface area contributed by atoms with Crippen LogP contribution in [0.25, 0.3) is 10.8 Å². The Morgan fingerprint density at radius 1 is 1.12 bits per heavy atom. The highest BCUT2D eigenvalue weighted by molar-refractivity contribution is 7.91. The standard InChI is InChI=1S/C13H10O3S/c1-2-9-17(15,16)13-8-4-5-10-11(13)6-3-7-12(10)14/h1,3-8,14H,9H2. The van der Waals surface area contributed by atoms with E-state index in [1.807, 2.05) is 0 Å². The topological polar surface area (TPSA) is 54.4 Å². The molecule has 1 N–H and O–H groups in total. The van der Waals surface area contributed by atoms with Crippen LogP contribution in [0.15, 0.2) is 41.3 Å². The van der Waals surface area contributed by atoms with Crippen molar-refractivity contribution in [3.05, 3.63) is 36.4 Å². The normalized spacial score (nSPS) is 11.2. The van der Waals surface area contributed by atoms with Crippen molar-refractivity contribution in [1.29, 1.82) is 0 Å². The zero-order valence-electron chi connectivity index (χ0n) is 8.92. The van der Waals surface area contributed by atoms with E-state index < -0.39 is 9.84 Å². The molecule has 86 valence electrons. The molecule has 0 saturated heterocycles. The highest BCUT2D eigenvalue weighted by Gasteiger charge is 2.16. The van der Waals surface area contributed by atoms with E-state index in [1.54, 1.807) is 24.3 Å². The first-order chi connectivity index (χ1) is 8.06. The van der Waals surface area contributed by atoms with Gasteiger partial charge in [-0.1, -0.05) is 30.2 Å². The quantitative estimate of drug-likeness (QED) is 0.824. The summed E-state index contributed by atoms with van der Waals surface area (Å²) < 4.78 is 23.9. The lowest BCUT2D eigenvalue weighted by Gasteiger charge is -2.06. The second kappa shape index (κ2) is 4.11. The molecule has 0 radical (unpaired) electrons. The Hall–Kier alpha value is -1.99. The van der Waals surface area contributed by atoms with Crippen molar-refractivity contribution in [2.45, 2.75) is 4.90 Å². The van der Waals surface area contributed by atoms with E-state index in [-0.39, 0.29) is 16.4 Å². The first-order valence-corrected chi connectivity index (χ1v) is 6.58. The average molecular weight is 246 g/mol. The van der Waals surface area contributed by atoms with Gasteiger partial charge in [-0.25, -0.2) is 8.42 Å². The minimum Gasteiger partial charge on any atom is -0.507 e. The summed E-state index contributed by atoms with van der Waals surface area (Å²) in [5, 5.41) is 10.6. The number of sulfone groups is 1. The molecule has 2 rings (SSSR count). The zero-order chi connectivity index (χ0) is 12.5. The summed E-state index contributed by atoms with van der Waals surface area (Å²) in [5.41, 5.74) is 0. The molecule has 0 bridgehead atoms. The highest BCUT2D eigenvalue weighted by Crippen LogP contribution is 2.29. The van der Waals surface area contributed by atoms with Crippen LogP contribution in [0.4, 0.5) is 0 Å². The Morgan fingerprint density at radius 2 is 1.76 bits per heavy atom. The number of hydrogen-bond acceptors (Lipinski definition) is 3. The van der Waals surface area contributed by atoms with Crippen molar-refractivity contribution in [2.24, 2.45) is 0 Å². The van der Waals surface area contributed by atoms with Crippen LogP contribution in [-0.2, 0) is 9.84 Å². The lowest BCUT2D eigenvalue weighted by Crippen LogP contribution is -2.05.